The van der Waals surface area contributed by atoms with Crippen LogP contribution in [-0.2, 0) is 5.67 Å². The summed E-state index contributed by atoms with van der Waals surface area (Å²) < 4.78 is 65.8. The molecule has 1 unspecified atom stereocenters. The van der Waals surface area contributed by atoms with Crippen LogP contribution in [0, 0.1) is 11.6 Å². The monoisotopic (exact) mass is 240 g/mol. The highest BCUT2D eigenvalue weighted by Gasteiger charge is 2.51. The normalized spacial score (nSPS) is 15.9. The summed E-state index contributed by atoms with van der Waals surface area (Å²) in [6.45, 7) is 0.601. The summed E-state index contributed by atoms with van der Waals surface area (Å²) >= 11 is 0. The van der Waals surface area contributed by atoms with Crippen molar-refractivity contribution >= 4 is 0 Å². The van der Waals surface area contributed by atoms with E-state index in [0.717, 1.165) is 0 Å². The summed E-state index contributed by atoms with van der Waals surface area (Å²) in [4.78, 5) is 0. The molecule has 0 aliphatic heterocycles. The average molecular weight is 240 g/mol. The van der Waals surface area contributed by atoms with Crippen molar-refractivity contribution in [1.29, 1.82) is 0 Å². The van der Waals surface area contributed by atoms with Crippen LogP contribution in [0.1, 0.15) is 19.4 Å². The fourth-order valence-corrected chi connectivity index (χ4v) is 1.23. The van der Waals surface area contributed by atoms with Gasteiger partial charge in [-0.05, 0) is 6.92 Å². The topological polar surface area (TPSA) is 20.2 Å². The molecule has 0 aliphatic carbocycles. The van der Waals surface area contributed by atoms with E-state index in [4.69, 9.17) is 5.11 Å². The molecule has 1 nitrogen and oxygen atoms in total. The van der Waals surface area contributed by atoms with E-state index in [1.165, 1.54) is 0 Å². The maximum absolute atomic E-state index is 13.7. The van der Waals surface area contributed by atoms with Crippen molar-refractivity contribution in [3.63, 3.8) is 0 Å². The van der Waals surface area contributed by atoms with Gasteiger partial charge in [0, 0.05) is 19.1 Å². The molecule has 90 valence electrons. The van der Waals surface area contributed by atoms with Crippen molar-refractivity contribution in [2.45, 2.75) is 25.4 Å². The first-order valence-corrected chi connectivity index (χ1v) is 4.32. The van der Waals surface area contributed by atoms with Gasteiger partial charge in [-0.15, -0.1) is 0 Å². The summed E-state index contributed by atoms with van der Waals surface area (Å²) in [6, 6.07) is 0.754. The van der Waals surface area contributed by atoms with Crippen LogP contribution in [0.4, 0.5) is 22.0 Å². The van der Waals surface area contributed by atoms with Crippen molar-refractivity contribution in [2.24, 2.45) is 0 Å². The standard InChI is InChI=1S/C10H9F5O/c1-9(13,10(2,14)15)8-6(11)3-5(16)4-7(8)12/h3-4,16H,1-2H3. The zero-order valence-corrected chi connectivity index (χ0v) is 8.49. The van der Waals surface area contributed by atoms with Gasteiger partial charge in [0.05, 0.1) is 5.56 Å². The van der Waals surface area contributed by atoms with E-state index in [9.17, 15) is 22.0 Å². The van der Waals surface area contributed by atoms with Gasteiger partial charge >= 0.3 is 0 Å². The van der Waals surface area contributed by atoms with Gasteiger partial charge in [0.25, 0.3) is 5.92 Å². The van der Waals surface area contributed by atoms with Crippen molar-refractivity contribution in [1.82, 2.24) is 0 Å². The highest BCUT2D eigenvalue weighted by molar-refractivity contribution is 5.34. The third-order valence-corrected chi connectivity index (χ3v) is 2.32. The fourth-order valence-electron chi connectivity index (χ4n) is 1.23. The Morgan fingerprint density at radius 2 is 1.38 bits per heavy atom. The van der Waals surface area contributed by atoms with Gasteiger partial charge in [-0.3, -0.25) is 0 Å². The van der Waals surface area contributed by atoms with Crippen LogP contribution >= 0.6 is 0 Å². The Morgan fingerprint density at radius 3 is 1.69 bits per heavy atom. The van der Waals surface area contributed by atoms with Gasteiger partial charge in [-0.25, -0.2) is 22.0 Å². The molecule has 0 amide bonds. The molecule has 0 bridgehead atoms. The quantitative estimate of drug-likeness (QED) is 0.784. The van der Waals surface area contributed by atoms with E-state index in [2.05, 4.69) is 0 Å². The Kier molecular flexibility index (Phi) is 2.87. The highest BCUT2D eigenvalue weighted by Crippen LogP contribution is 2.43. The number of rotatable bonds is 2. The largest absolute Gasteiger partial charge is 0.508 e. The second-order valence-corrected chi connectivity index (χ2v) is 3.68. The molecule has 1 rings (SSSR count). The molecule has 0 saturated heterocycles. The summed E-state index contributed by atoms with van der Waals surface area (Å²) in [7, 11) is 0. The van der Waals surface area contributed by atoms with Crippen LogP contribution in [0.3, 0.4) is 0 Å². The molecule has 0 fully saturated rings. The molecule has 0 aromatic heterocycles. The molecular formula is C10H9F5O. The lowest BCUT2D eigenvalue weighted by Crippen LogP contribution is -2.37. The second-order valence-electron chi connectivity index (χ2n) is 3.68. The van der Waals surface area contributed by atoms with Crippen molar-refractivity contribution in [3.05, 3.63) is 29.3 Å². The van der Waals surface area contributed by atoms with E-state index in [0.29, 0.717) is 19.1 Å². The minimum Gasteiger partial charge on any atom is -0.508 e. The molecule has 0 heterocycles. The SMILES string of the molecule is CC(F)(F)C(C)(F)c1c(F)cc(O)cc1F. The van der Waals surface area contributed by atoms with Crippen molar-refractivity contribution in [3.8, 4) is 5.75 Å². The Labute approximate surface area is 88.5 Å². The maximum Gasteiger partial charge on any atom is 0.282 e. The van der Waals surface area contributed by atoms with Gasteiger partial charge in [0.2, 0.25) is 5.67 Å². The van der Waals surface area contributed by atoms with Crippen molar-refractivity contribution < 1.29 is 27.1 Å². The van der Waals surface area contributed by atoms with Gasteiger partial charge in [-0.1, -0.05) is 0 Å². The molecule has 0 saturated carbocycles. The predicted octanol–water partition coefficient (Wildman–Crippen LogP) is 3.51. The third-order valence-electron chi connectivity index (χ3n) is 2.32. The van der Waals surface area contributed by atoms with Crippen LogP contribution in [0.25, 0.3) is 0 Å². The van der Waals surface area contributed by atoms with Gasteiger partial charge in [0.15, 0.2) is 0 Å². The number of hydrogen-bond acceptors (Lipinski definition) is 1. The van der Waals surface area contributed by atoms with Gasteiger partial charge in [0.1, 0.15) is 17.4 Å². The van der Waals surface area contributed by atoms with Crippen LogP contribution in [0.5, 0.6) is 5.75 Å². The van der Waals surface area contributed by atoms with Gasteiger partial charge in [-0.2, -0.15) is 0 Å². The molecule has 0 spiro atoms. The molecule has 1 atom stereocenters. The van der Waals surface area contributed by atoms with Crippen LogP contribution < -0.4 is 0 Å². The van der Waals surface area contributed by atoms with E-state index < -0.39 is 34.5 Å². The number of phenolic OH excluding ortho intramolecular Hbond substituents is 1. The molecule has 1 aromatic rings. The van der Waals surface area contributed by atoms with E-state index in [1.54, 1.807) is 0 Å². The first kappa shape index (κ1) is 12.7. The number of alkyl halides is 3. The first-order valence-electron chi connectivity index (χ1n) is 4.32. The molecule has 1 aromatic carbocycles. The van der Waals surface area contributed by atoms with E-state index in [1.807, 2.05) is 0 Å². The van der Waals surface area contributed by atoms with Crippen LogP contribution in [0.2, 0.25) is 0 Å². The summed E-state index contributed by atoms with van der Waals surface area (Å²) in [6.07, 6.45) is 0. The zero-order chi connectivity index (χ0) is 12.7. The number of benzene rings is 1. The highest BCUT2D eigenvalue weighted by atomic mass is 19.3. The molecule has 16 heavy (non-hydrogen) atoms. The van der Waals surface area contributed by atoms with E-state index in [-0.39, 0.29) is 6.92 Å². The molecule has 0 radical (unpaired) electrons. The predicted molar refractivity (Wildman–Crippen MR) is 47.1 cm³/mol. The molecule has 1 N–H and O–H groups in total. The number of aromatic hydroxyl groups is 1. The van der Waals surface area contributed by atoms with Crippen LogP contribution in [0.15, 0.2) is 12.1 Å². The minimum absolute atomic E-state index is 0.221. The maximum atomic E-state index is 13.7. The molecule has 6 heteroatoms. The first-order chi connectivity index (χ1) is 7.07. The van der Waals surface area contributed by atoms with Gasteiger partial charge < -0.3 is 5.11 Å². The Morgan fingerprint density at radius 1 is 1.00 bits per heavy atom. The fraction of sp³-hybridized carbons (Fsp3) is 0.400. The lowest BCUT2D eigenvalue weighted by atomic mass is 9.91. The van der Waals surface area contributed by atoms with E-state index >= 15 is 0 Å². The van der Waals surface area contributed by atoms with Crippen LogP contribution in [-0.4, -0.2) is 11.0 Å². The number of phenols is 1. The summed E-state index contributed by atoms with van der Waals surface area (Å²) in [5.74, 6) is -7.85. The Bertz CT molecular complexity index is 385. The summed E-state index contributed by atoms with van der Waals surface area (Å²) in [5.41, 5.74) is -4.88. The minimum atomic E-state index is -3.95. The lowest BCUT2D eigenvalue weighted by molar-refractivity contribution is -0.122. The lowest BCUT2D eigenvalue weighted by Gasteiger charge is -2.28. The smallest absolute Gasteiger partial charge is 0.282 e. The Balaban J connectivity index is 3.45. The van der Waals surface area contributed by atoms with Crippen molar-refractivity contribution in [2.75, 3.05) is 0 Å². The number of hydrogen-bond donors (Lipinski definition) is 1. The third kappa shape index (κ3) is 1.96. The zero-order valence-electron chi connectivity index (χ0n) is 8.49. The Hall–Kier alpha value is -1.33. The molecule has 0 aliphatic rings. The number of halogens is 5. The average Bonchev–Trinajstić information content (AvgIpc) is 1.97. The second kappa shape index (κ2) is 3.61. The molecular weight excluding hydrogens is 231 g/mol. The summed E-state index contributed by atoms with van der Waals surface area (Å²) in [5, 5.41) is 8.80.